The van der Waals surface area contributed by atoms with Crippen LogP contribution >= 0.6 is 0 Å². The molecule has 1 unspecified atom stereocenters. The quantitative estimate of drug-likeness (QED) is 0.804. The van der Waals surface area contributed by atoms with Gasteiger partial charge < -0.3 is 9.52 Å². The predicted molar refractivity (Wildman–Crippen MR) is 39.3 cm³/mol. The van der Waals surface area contributed by atoms with Crippen LogP contribution in [0.1, 0.15) is 25.1 Å². The van der Waals surface area contributed by atoms with Crippen molar-refractivity contribution >= 4 is 0 Å². The van der Waals surface area contributed by atoms with Crippen molar-refractivity contribution < 1.29 is 22.7 Å². The number of alkyl halides is 3. The number of aryl methyl sites for hydroxylation is 1. The van der Waals surface area contributed by atoms with Crippen LogP contribution < -0.4 is 0 Å². The van der Waals surface area contributed by atoms with Crippen LogP contribution in [0.3, 0.4) is 0 Å². The van der Waals surface area contributed by atoms with Gasteiger partial charge in [-0.25, -0.2) is 0 Å². The molecule has 0 saturated heterocycles. The summed E-state index contributed by atoms with van der Waals surface area (Å²) in [5.74, 6) is -0.832. The van der Waals surface area contributed by atoms with Gasteiger partial charge >= 0.3 is 6.18 Å². The predicted octanol–water partition coefficient (Wildman–Crippen LogP) is 1.54. The number of rotatable bonds is 2. The first-order chi connectivity index (χ1) is 6.31. The number of aliphatic hydroxyl groups is 1. The van der Waals surface area contributed by atoms with E-state index in [4.69, 9.17) is 0 Å². The average molecular weight is 210 g/mol. The molecule has 1 N–H and O–H groups in total. The average Bonchev–Trinajstić information content (AvgIpc) is 2.48. The molecule has 0 fully saturated rings. The molecule has 1 aromatic heterocycles. The van der Waals surface area contributed by atoms with Crippen molar-refractivity contribution in [3.8, 4) is 0 Å². The third-order valence-electron chi connectivity index (χ3n) is 1.86. The topological polar surface area (TPSA) is 59.2 Å². The van der Waals surface area contributed by atoms with E-state index < -0.39 is 24.1 Å². The summed E-state index contributed by atoms with van der Waals surface area (Å²) in [4.78, 5) is 0. The highest BCUT2D eigenvalue weighted by atomic mass is 19.4. The van der Waals surface area contributed by atoms with Gasteiger partial charge in [0.1, 0.15) is 0 Å². The lowest BCUT2D eigenvalue weighted by Gasteiger charge is -2.25. The molecule has 0 radical (unpaired) electrons. The maximum Gasteiger partial charge on any atom is 0.426 e. The molecule has 1 atom stereocenters. The van der Waals surface area contributed by atoms with Crippen LogP contribution in [-0.2, 0) is 5.60 Å². The van der Waals surface area contributed by atoms with E-state index in [0.29, 0.717) is 0 Å². The molecule has 0 aliphatic carbocycles. The highest BCUT2D eigenvalue weighted by Crippen LogP contribution is 2.40. The lowest BCUT2D eigenvalue weighted by Crippen LogP contribution is -2.42. The van der Waals surface area contributed by atoms with Gasteiger partial charge in [0, 0.05) is 6.92 Å². The first-order valence-electron chi connectivity index (χ1n) is 3.91. The van der Waals surface area contributed by atoms with Crippen LogP contribution in [0.2, 0.25) is 0 Å². The summed E-state index contributed by atoms with van der Waals surface area (Å²) >= 11 is 0. The number of hydrogen-bond donors (Lipinski definition) is 1. The van der Waals surface area contributed by atoms with Gasteiger partial charge in [0.15, 0.2) is 0 Å². The Morgan fingerprint density at radius 3 is 2.21 bits per heavy atom. The minimum atomic E-state index is -4.82. The van der Waals surface area contributed by atoms with Gasteiger partial charge in [-0.15, -0.1) is 10.2 Å². The van der Waals surface area contributed by atoms with Crippen molar-refractivity contribution in [2.75, 3.05) is 0 Å². The van der Waals surface area contributed by atoms with Gasteiger partial charge in [-0.05, 0) is 6.42 Å². The standard InChI is InChI=1S/C7H9F3N2O2/c1-3-6(13,7(8,9)10)5-12-11-4(2)14-5/h13H,3H2,1-2H3. The Labute approximate surface area is 77.7 Å². The van der Waals surface area contributed by atoms with Crippen molar-refractivity contribution in [2.45, 2.75) is 32.0 Å². The Kier molecular flexibility index (Phi) is 2.53. The zero-order valence-corrected chi connectivity index (χ0v) is 7.59. The summed E-state index contributed by atoms with van der Waals surface area (Å²) < 4.78 is 41.8. The number of nitrogens with zero attached hydrogens (tertiary/aromatic N) is 2. The van der Waals surface area contributed by atoms with Crippen molar-refractivity contribution in [2.24, 2.45) is 0 Å². The fourth-order valence-corrected chi connectivity index (χ4v) is 0.937. The summed E-state index contributed by atoms with van der Waals surface area (Å²) in [6.07, 6.45) is -5.39. The van der Waals surface area contributed by atoms with E-state index in [-0.39, 0.29) is 5.89 Å². The molecule has 1 rings (SSSR count). The molecule has 0 aliphatic rings. The van der Waals surface area contributed by atoms with Crippen molar-refractivity contribution in [3.05, 3.63) is 11.8 Å². The smallest absolute Gasteiger partial charge is 0.422 e. The van der Waals surface area contributed by atoms with E-state index in [2.05, 4.69) is 14.6 Å². The normalized spacial score (nSPS) is 16.7. The Morgan fingerprint density at radius 1 is 1.36 bits per heavy atom. The third kappa shape index (κ3) is 1.59. The van der Waals surface area contributed by atoms with E-state index in [1.165, 1.54) is 13.8 Å². The molecule has 0 spiro atoms. The molecule has 1 heterocycles. The SMILES string of the molecule is CCC(O)(c1nnc(C)o1)C(F)(F)F. The van der Waals surface area contributed by atoms with Crippen molar-refractivity contribution in [3.63, 3.8) is 0 Å². The Bertz CT molecular complexity index is 323. The van der Waals surface area contributed by atoms with Gasteiger partial charge in [0.05, 0.1) is 0 Å². The first kappa shape index (κ1) is 11.0. The van der Waals surface area contributed by atoms with E-state index in [9.17, 15) is 18.3 Å². The molecule has 0 bridgehead atoms. The highest BCUT2D eigenvalue weighted by Gasteiger charge is 2.57. The highest BCUT2D eigenvalue weighted by molar-refractivity contribution is 5.00. The lowest BCUT2D eigenvalue weighted by atomic mass is 10.0. The summed E-state index contributed by atoms with van der Waals surface area (Å²) in [5, 5.41) is 15.7. The van der Waals surface area contributed by atoms with E-state index in [1.807, 2.05) is 0 Å². The molecule has 0 aliphatic heterocycles. The molecule has 1 aromatic rings. The molecule has 0 saturated carbocycles. The monoisotopic (exact) mass is 210 g/mol. The van der Waals surface area contributed by atoms with Gasteiger partial charge in [0.2, 0.25) is 11.5 Å². The number of halogens is 3. The second kappa shape index (κ2) is 3.23. The second-order valence-electron chi connectivity index (χ2n) is 2.84. The maximum absolute atomic E-state index is 12.4. The molecular weight excluding hydrogens is 201 g/mol. The molecule has 14 heavy (non-hydrogen) atoms. The van der Waals surface area contributed by atoms with Crippen molar-refractivity contribution in [1.82, 2.24) is 10.2 Å². The summed E-state index contributed by atoms with van der Waals surface area (Å²) in [6.45, 7) is 2.54. The molecule has 0 amide bonds. The van der Waals surface area contributed by atoms with Crippen LogP contribution in [0.25, 0.3) is 0 Å². The van der Waals surface area contributed by atoms with Gasteiger partial charge in [-0.2, -0.15) is 13.2 Å². The third-order valence-corrected chi connectivity index (χ3v) is 1.86. The zero-order chi connectivity index (χ0) is 11.0. The largest absolute Gasteiger partial charge is 0.426 e. The molecular formula is C7H9F3N2O2. The second-order valence-corrected chi connectivity index (χ2v) is 2.84. The first-order valence-corrected chi connectivity index (χ1v) is 3.91. The minimum absolute atomic E-state index is 0.0175. The van der Waals surface area contributed by atoms with Crippen molar-refractivity contribution in [1.29, 1.82) is 0 Å². The summed E-state index contributed by atoms with van der Waals surface area (Å²) in [7, 11) is 0. The molecule has 4 nitrogen and oxygen atoms in total. The fourth-order valence-electron chi connectivity index (χ4n) is 0.937. The number of hydrogen-bond acceptors (Lipinski definition) is 4. The van der Waals surface area contributed by atoms with Crippen LogP contribution in [0, 0.1) is 6.92 Å². The Morgan fingerprint density at radius 2 is 1.93 bits per heavy atom. The Balaban J connectivity index is 3.14. The van der Waals surface area contributed by atoms with Gasteiger partial charge in [-0.3, -0.25) is 0 Å². The van der Waals surface area contributed by atoms with E-state index >= 15 is 0 Å². The lowest BCUT2D eigenvalue weighted by molar-refractivity contribution is -0.275. The van der Waals surface area contributed by atoms with E-state index in [0.717, 1.165) is 0 Å². The minimum Gasteiger partial charge on any atom is -0.422 e. The molecule has 7 heteroatoms. The van der Waals surface area contributed by atoms with Crippen LogP contribution in [0.4, 0.5) is 13.2 Å². The Hall–Kier alpha value is -1.11. The number of aromatic nitrogens is 2. The molecule has 80 valence electrons. The van der Waals surface area contributed by atoms with Crippen LogP contribution in [0.5, 0.6) is 0 Å². The van der Waals surface area contributed by atoms with E-state index in [1.54, 1.807) is 0 Å². The van der Waals surface area contributed by atoms with Gasteiger partial charge in [-0.1, -0.05) is 6.92 Å². The van der Waals surface area contributed by atoms with Crippen LogP contribution in [0.15, 0.2) is 4.42 Å². The maximum atomic E-state index is 12.4. The summed E-state index contributed by atoms with van der Waals surface area (Å²) in [5.41, 5.74) is -3.05. The summed E-state index contributed by atoms with van der Waals surface area (Å²) in [6, 6.07) is 0. The fraction of sp³-hybridized carbons (Fsp3) is 0.714. The van der Waals surface area contributed by atoms with Gasteiger partial charge in [0.25, 0.3) is 5.89 Å². The van der Waals surface area contributed by atoms with Crippen LogP contribution in [-0.4, -0.2) is 21.5 Å². The zero-order valence-electron chi connectivity index (χ0n) is 7.59. The molecule has 0 aromatic carbocycles.